The number of urea groups is 1. The Hall–Kier alpha value is -3.74. The van der Waals surface area contributed by atoms with Gasteiger partial charge in [0.05, 0.1) is 23.4 Å². The molecule has 2 unspecified atom stereocenters. The van der Waals surface area contributed by atoms with Crippen molar-refractivity contribution in [2.45, 2.75) is 68.7 Å². The van der Waals surface area contributed by atoms with Gasteiger partial charge >= 0.3 is 12.2 Å². The van der Waals surface area contributed by atoms with E-state index in [1.165, 1.54) is 0 Å². The van der Waals surface area contributed by atoms with E-state index in [-0.39, 0.29) is 29.7 Å². The molecule has 1 aliphatic rings. The number of thioether (sulfide) groups is 1. The van der Waals surface area contributed by atoms with Crippen molar-refractivity contribution in [2.24, 2.45) is 0 Å². The first kappa shape index (κ1) is 31.8. The van der Waals surface area contributed by atoms with Crippen molar-refractivity contribution in [3.63, 3.8) is 0 Å². The van der Waals surface area contributed by atoms with E-state index in [1.807, 2.05) is 18.4 Å². The monoisotopic (exact) mass is 593 g/mol. The number of rotatable bonds is 9. The SMILES string of the molecule is CSc1ccc(C(=O)NC2CCCCC2NC(=O)CNC(=O)c2cc(C(F)(F)F)ccc2NC(=O)NC(C)C)cc1. The molecule has 2 aromatic rings. The molecular weight excluding hydrogens is 559 g/mol. The maximum absolute atomic E-state index is 13.3. The van der Waals surface area contributed by atoms with Gasteiger partial charge < -0.3 is 26.6 Å². The van der Waals surface area contributed by atoms with Gasteiger partial charge in [0.25, 0.3) is 11.8 Å². The van der Waals surface area contributed by atoms with Crippen molar-refractivity contribution in [2.75, 3.05) is 18.1 Å². The zero-order valence-corrected chi connectivity index (χ0v) is 23.8. The minimum atomic E-state index is -4.72. The third kappa shape index (κ3) is 9.41. The molecule has 1 fully saturated rings. The molecule has 5 amide bonds. The number of anilines is 1. The number of halogens is 3. The largest absolute Gasteiger partial charge is 0.416 e. The standard InChI is InChI=1S/C28H34F3N5O4S/c1-16(2)33-27(40)36-21-13-10-18(28(29,30)31)14-20(21)26(39)32-15-24(37)34-22-6-4-5-7-23(22)35-25(38)17-8-11-19(41-3)12-9-17/h8-14,16,22-23H,4-7,15H2,1-3H3,(H,32,39)(H,34,37)(H,35,38)(H2,33,36,40). The summed E-state index contributed by atoms with van der Waals surface area (Å²) in [5.74, 6) is -1.79. The second kappa shape index (κ2) is 14.2. The van der Waals surface area contributed by atoms with Gasteiger partial charge in [-0.15, -0.1) is 11.8 Å². The van der Waals surface area contributed by atoms with Crippen LogP contribution < -0.4 is 26.6 Å². The van der Waals surface area contributed by atoms with E-state index < -0.39 is 41.7 Å². The van der Waals surface area contributed by atoms with Crippen molar-refractivity contribution in [3.05, 3.63) is 59.2 Å². The fourth-order valence-electron chi connectivity index (χ4n) is 4.42. The molecule has 0 radical (unpaired) electrons. The number of alkyl halides is 3. The van der Waals surface area contributed by atoms with Gasteiger partial charge in [-0.1, -0.05) is 12.8 Å². The first-order valence-electron chi connectivity index (χ1n) is 13.2. The summed E-state index contributed by atoms with van der Waals surface area (Å²) in [6.45, 7) is 2.88. The maximum atomic E-state index is 13.3. The van der Waals surface area contributed by atoms with E-state index in [0.29, 0.717) is 24.5 Å². The van der Waals surface area contributed by atoms with Gasteiger partial charge in [0.1, 0.15) is 0 Å². The number of carbonyl (C=O) groups is 4. The van der Waals surface area contributed by atoms with Crippen molar-refractivity contribution in [1.82, 2.24) is 21.3 Å². The Morgan fingerprint density at radius 3 is 2.15 bits per heavy atom. The van der Waals surface area contributed by atoms with E-state index in [1.54, 1.807) is 37.7 Å². The summed E-state index contributed by atoms with van der Waals surface area (Å²) in [6, 6.07) is 7.88. The molecule has 0 heterocycles. The van der Waals surface area contributed by atoms with Crippen LogP contribution in [0.15, 0.2) is 47.4 Å². The maximum Gasteiger partial charge on any atom is 0.416 e. The Balaban J connectivity index is 1.64. The molecule has 2 aromatic carbocycles. The van der Waals surface area contributed by atoms with E-state index in [0.717, 1.165) is 29.9 Å². The molecule has 222 valence electrons. The Bertz CT molecular complexity index is 1250. The van der Waals surface area contributed by atoms with Crippen molar-refractivity contribution in [3.8, 4) is 0 Å². The van der Waals surface area contributed by atoms with E-state index in [9.17, 15) is 32.3 Å². The van der Waals surface area contributed by atoms with Gasteiger partial charge in [0.15, 0.2) is 0 Å². The fourth-order valence-corrected chi connectivity index (χ4v) is 4.83. The molecule has 0 aromatic heterocycles. The minimum absolute atomic E-state index is 0.144. The number of hydrogen-bond acceptors (Lipinski definition) is 5. The number of amides is 5. The van der Waals surface area contributed by atoms with Crippen molar-refractivity contribution >= 4 is 41.2 Å². The van der Waals surface area contributed by atoms with Crippen molar-refractivity contribution < 1.29 is 32.3 Å². The molecule has 0 saturated heterocycles. The van der Waals surface area contributed by atoms with E-state index in [4.69, 9.17) is 0 Å². The first-order chi connectivity index (χ1) is 19.4. The van der Waals surface area contributed by atoms with Gasteiger partial charge in [-0.25, -0.2) is 4.79 Å². The average molecular weight is 594 g/mol. The second-order valence-electron chi connectivity index (χ2n) is 9.96. The molecule has 0 bridgehead atoms. The van der Waals surface area contributed by atoms with Crippen LogP contribution in [0.25, 0.3) is 0 Å². The Labute approximate surface area is 240 Å². The molecule has 3 rings (SSSR count). The quantitative estimate of drug-likeness (QED) is 0.273. The van der Waals surface area contributed by atoms with Crippen LogP contribution in [0, 0.1) is 0 Å². The molecule has 1 aliphatic carbocycles. The predicted molar refractivity (Wildman–Crippen MR) is 151 cm³/mol. The topological polar surface area (TPSA) is 128 Å². The predicted octanol–water partition coefficient (Wildman–Crippen LogP) is 4.54. The van der Waals surface area contributed by atoms with Crippen LogP contribution >= 0.6 is 11.8 Å². The zero-order valence-electron chi connectivity index (χ0n) is 23.0. The highest BCUT2D eigenvalue weighted by atomic mass is 32.2. The zero-order chi connectivity index (χ0) is 30.2. The normalized spacial score (nSPS) is 17.0. The summed E-state index contributed by atoms with van der Waals surface area (Å²) < 4.78 is 39.9. The number of nitrogens with one attached hydrogen (secondary N) is 5. The lowest BCUT2D eigenvalue weighted by molar-refractivity contribution is -0.137. The third-order valence-corrected chi connectivity index (χ3v) is 7.19. The molecule has 13 heteroatoms. The summed E-state index contributed by atoms with van der Waals surface area (Å²) >= 11 is 1.56. The summed E-state index contributed by atoms with van der Waals surface area (Å²) in [5, 5.41) is 13.0. The number of hydrogen-bond donors (Lipinski definition) is 5. The van der Waals surface area contributed by atoms with Gasteiger partial charge in [0.2, 0.25) is 5.91 Å². The van der Waals surface area contributed by atoms with Gasteiger partial charge in [0, 0.05) is 28.6 Å². The van der Waals surface area contributed by atoms with Crippen LogP contribution in [0.1, 0.15) is 65.8 Å². The molecule has 0 aliphatic heterocycles. The highest BCUT2D eigenvalue weighted by Gasteiger charge is 2.32. The van der Waals surface area contributed by atoms with Gasteiger partial charge in [-0.2, -0.15) is 13.2 Å². The Morgan fingerprint density at radius 2 is 1.56 bits per heavy atom. The van der Waals surface area contributed by atoms with Crippen LogP contribution in [0.3, 0.4) is 0 Å². The molecule has 1 saturated carbocycles. The Kier molecular flexibility index (Phi) is 11.0. The Morgan fingerprint density at radius 1 is 0.927 bits per heavy atom. The lowest BCUT2D eigenvalue weighted by atomic mass is 9.90. The minimum Gasteiger partial charge on any atom is -0.350 e. The second-order valence-corrected chi connectivity index (χ2v) is 10.8. The summed E-state index contributed by atoms with van der Waals surface area (Å²) in [7, 11) is 0. The average Bonchev–Trinajstić information content (AvgIpc) is 2.92. The van der Waals surface area contributed by atoms with Crippen molar-refractivity contribution in [1.29, 1.82) is 0 Å². The van der Waals surface area contributed by atoms with Gasteiger partial charge in [-0.3, -0.25) is 14.4 Å². The summed E-state index contributed by atoms with van der Waals surface area (Å²) in [5.41, 5.74) is -1.17. The first-order valence-corrected chi connectivity index (χ1v) is 14.4. The third-order valence-electron chi connectivity index (χ3n) is 6.45. The number of benzene rings is 2. The summed E-state index contributed by atoms with van der Waals surface area (Å²) in [6.07, 6.45) is 0.197. The molecule has 0 spiro atoms. The molecule has 2 atom stereocenters. The fraction of sp³-hybridized carbons (Fsp3) is 0.429. The van der Waals surface area contributed by atoms with Crippen LogP contribution in [0.5, 0.6) is 0 Å². The van der Waals surface area contributed by atoms with Crippen LogP contribution in [-0.4, -0.2) is 54.7 Å². The molecule has 9 nitrogen and oxygen atoms in total. The highest BCUT2D eigenvalue weighted by Crippen LogP contribution is 2.32. The van der Waals surface area contributed by atoms with E-state index >= 15 is 0 Å². The van der Waals surface area contributed by atoms with Crippen LogP contribution in [0.2, 0.25) is 0 Å². The van der Waals surface area contributed by atoms with Crippen LogP contribution in [0.4, 0.5) is 23.7 Å². The van der Waals surface area contributed by atoms with E-state index in [2.05, 4.69) is 26.6 Å². The smallest absolute Gasteiger partial charge is 0.350 e. The lowest BCUT2D eigenvalue weighted by Crippen LogP contribution is -2.54. The lowest BCUT2D eigenvalue weighted by Gasteiger charge is -2.33. The molecule has 5 N–H and O–H groups in total. The van der Waals surface area contributed by atoms with Crippen LogP contribution in [-0.2, 0) is 11.0 Å². The highest BCUT2D eigenvalue weighted by molar-refractivity contribution is 7.98. The summed E-state index contributed by atoms with van der Waals surface area (Å²) in [4.78, 5) is 51.5. The molecular formula is C28H34F3N5O4S. The van der Waals surface area contributed by atoms with Gasteiger partial charge in [-0.05, 0) is 75.4 Å². The molecule has 41 heavy (non-hydrogen) atoms. The number of carbonyl (C=O) groups excluding carboxylic acids is 4.